The fourth-order valence-electron chi connectivity index (χ4n) is 2.30. The van der Waals surface area contributed by atoms with Gasteiger partial charge in [-0.2, -0.15) is 0 Å². The molecule has 0 aliphatic heterocycles. The molecule has 0 aliphatic carbocycles. The van der Waals surface area contributed by atoms with Crippen molar-refractivity contribution in [3.8, 4) is 11.5 Å². The Balaban J connectivity index is 2.49. The second-order valence-electron chi connectivity index (χ2n) is 4.59. The smallest absolute Gasteiger partial charge is 0.130 e. The third-order valence-electron chi connectivity index (χ3n) is 3.24. The number of hydrogen-bond acceptors (Lipinski definition) is 2. The first-order valence-electron chi connectivity index (χ1n) is 7.18. The van der Waals surface area contributed by atoms with Gasteiger partial charge in [0.25, 0.3) is 0 Å². The molecule has 0 saturated heterocycles. The minimum atomic E-state index is 0.681. The third kappa shape index (κ3) is 3.26. The van der Waals surface area contributed by atoms with Gasteiger partial charge in [0.05, 0.1) is 13.2 Å². The molecule has 0 bridgehead atoms. The minimum absolute atomic E-state index is 0.681. The molecule has 0 saturated carbocycles. The number of halogens is 1. The summed E-state index contributed by atoms with van der Waals surface area (Å²) in [6.07, 6.45) is 1.94. The van der Waals surface area contributed by atoms with Crippen LogP contribution in [0, 0.1) is 0 Å². The van der Waals surface area contributed by atoms with Crippen LogP contribution in [0.4, 0.5) is 0 Å². The highest BCUT2D eigenvalue weighted by Crippen LogP contribution is 2.37. The summed E-state index contributed by atoms with van der Waals surface area (Å²) in [5, 5.41) is 3.23. The lowest BCUT2D eigenvalue weighted by Crippen LogP contribution is -2.02. The van der Waals surface area contributed by atoms with Crippen LogP contribution in [-0.4, -0.2) is 18.5 Å². The molecule has 0 heterocycles. The normalized spacial score (nSPS) is 10.8. The third-order valence-corrected chi connectivity index (χ3v) is 3.80. The fraction of sp³-hybridized carbons (Fsp3) is 0.412. The molecule has 20 heavy (non-hydrogen) atoms. The molecule has 108 valence electrons. The quantitative estimate of drug-likeness (QED) is 0.525. The predicted molar refractivity (Wildman–Crippen MR) is 88.4 cm³/mol. The topological polar surface area (TPSA) is 18.5 Å². The average molecular weight is 337 g/mol. The molecule has 0 spiro atoms. The first-order valence-corrected chi connectivity index (χ1v) is 8.30. The lowest BCUT2D eigenvalue weighted by atomic mass is 10.0. The number of alkyl halides is 1. The Morgan fingerprint density at radius 3 is 2.45 bits per heavy atom. The summed E-state index contributed by atoms with van der Waals surface area (Å²) in [6.45, 7) is 5.58. The molecule has 2 nitrogen and oxygen atoms in total. The number of rotatable bonds is 7. The molecule has 0 N–H and O–H groups in total. The molecule has 3 heteroatoms. The van der Waals surface area contributed by atoms with E-state index in [-0.39, 0.29) is 0 Å². The zero-order valence-electron chi connectivity index (χ0n) is 12.1. The van der Waals surface area contributed by atoms with Gasteiger partial charge in [0, 0.05) is 16.1 Å². The number of fused-ring (bicyclic) bond motifs is 1. The van der Waals surface area contributed by atoms with Crippen LogP contribution in [0.15, 0.2) is 30.3 Å². The first-order chi connectivity index (χ1) is 9.81. The summed E-state index contributed by atoms with van der Waals surface area (Å²) < 4.78 is 11.8. The van der Waals surface area contributed by atoms with Gasteiger partial charge < -0.3 is 9.47 Å². The minimum Gasteiger partial charge on any atom is -0.493 e. The summed E-state index contributed by atoms with van der Waals surface area (Å²) in [7, 11) is 0. The molecular formula is C17H21BrO2. The van der Waals surface area contributed by atoms with E-state index in [2.05, 4.69) is 41.1 Å². The molecule has 0 fully saturated rings. The summed E-state index contributed by atoms with van der Waals surface area (Å²) >= 11 is 3.43. The Morgan fingerprint density at radius 1 is 1.05 bits per heavy atom. The maximum Gasteiger partial charge on any atom is 0.130 e. The maximum atomic E-state index is 5.95. The Kier molecular flexibility index (Phi) is 5.72. The molecule has 2 rings (SSSR count). The molecular weight excluding hydrogens is 316 g/mol. The van der Waals surface area contributed by atoms with E-state index in [1.807, 2.05) is 19.1 Å². The van der Waals surface area contributed by atoms with E-state index in [4.69, 9.17) is 9.47 Å². The van der Waals surface area contributed by atoms with Crippen LogP contribution >= 0.6 is 15.9 Å². The molecule has 0 radical (unpaired) electrons. The lowest BCUT2D eigenvalue weighted by Gasteiger charge is -2.16. The van der Waals surface area contributed by atoms with Crippen LogP contribution in [0.2, 0.25) is 0 Å². The highest BCUT2D eigenvalue weighted by molar-refractivity contribution is 9.09. The molecule has 0 aromatic heterocycles. The predicted octanol–water partition coefficient (Wildman–Crippen LogP) is 4.96. The molecule has 0 aliphatic rings. The van der Waals surface area contributed by atoms with Crippen LogP contribution in [-0.2, 0) is 6.42 Å². The van der Waals surface area contributed by atoms with Crippen LogP contribution in [0.5, 0.6) is 11.5 Å². The van der Waals surface area contributed by atoms with Crippen molar-refractivity contribution in [3.63, 3.8) is 0 Å². The molecule has 0 atom stereocenters. The highest BCUT2D eigenvalue weighted by atomic mass is 79.9. The van der Waals surface area contributed by atoms with Crippen LogP contribution in [0.1, 0.15) is 25.8 Å². The van der Waals surface area contributed by atoms with Crippen molar-refractivity contribution in [1.82, 2.24) is 0 Å². The molecule has 2 aromatic rings. The summed E-state index contributed by atoms with van der Waals surface area (Å²) in [6, 6.07) is 10.4. The van der Waals surface area contributed by atoms with Gasteiger partial charge >= 0.3 is 0 Å². The number of hydrogen-bond donors (Lipinski definition) is 0. The van der Waals surface area contributed by atoms with E-state index >= 15 is 0 Å². The van der Waals surface area contributed by atoms with Crippen molar-refractivity contribution >= 4 is 26.7 Å². The Bertz CT molecular complexity index is 566. The first kappa shape index (κ1) is 15.2. The standard InChI is InChI=1S/C17H21BrO2/c1-3-13-12-16(20-11-7-10-18)14-8-5-6-9-15(14)17(13)19-4-2/h5-6,8-9,12H,3-4,7,10-11H2,1-2H3. The summed E-state index contributed by atoms with van der Waals surface area (Å²) in [5.74, 6) is 1.96. The fourth-order valence-corrected chi connectivity index (χ4v) is 2.53. The van der Waals surface area contributed by atoms with Crippen LogP contribution in [0.25, 0.3) is 10.8 Å². The van der Waals surface area contributed by atoms with E-state index in [1.165, 1.54) is 5.56 Å². The Morgan fingerprint density at radius 2 is 1.80 bits per heavy atom. The largest absolute Gasteiger partial charge is 0.493 e. The van der Waals surface area contributed by atoms with Crippen molar-refractivity contribution in [2.75, 3.05) is 18.5 Å². The molecule has 2 aromatic carbocycles. The van der Waals surface area contributed by atoms with E-state index < -0.39 is 0 Å². The van der Waals surface area contributed by atoms with Crippen LogP contribution < -0.4 is 9.47 Å². The van der Waals surface area contributed by atoms with E-state index in [0.717, 1.165) is 47.1 Å². The van der Waals surface area contributed by atoms with Gasteiger partial charge in [-0.15, -0.1) is 0 Å². The number of benzene rings is 2. The van der Waals surface area contributed by atoms with Gasteiger partial charge in [-0.05, 0) is 31.4 Å². The average Bonchev–Trinajstić information content (AvgIpc) is 2.49. The highest BCUT2D eigenvalue weighted by Gasteiger charge is 2.12. The zero-order valence-corrected chi connectivity index (χ0v) is 13.7. The van der Waals surface area contributed by atoms with Gasteiger partial charge in [-0.25, -0.2) is 0 Å². The monoisotopic (exact) mass is 336 g/mol. The van der Waals surface area contributed by atoms with Crippen molar-refractivity contribution in [1.29, 1.82) is 0 Å². The summed E-state index contributed by atoms with van der Waals surface area (Å²) in [4.78, 5) is 0. The van der Waals surface area contributed by atoms with Gasteiger partial charge in [0.1, 0.15) is 11.5 Å². The SMILES string of the molecule is CCOc1c(CC)cc(OCCCBr)c2ccccc12. The summed E-state index contributed by atoms with van der Waals surface area (Å²) in [5.41, 5.74) is 1.21. The van der Waals surface area contributed by atoms with E-state index in [0.29, 0.717) is 6.61 Å². The molecule has 0 amide bonds. The van der Waals surface area contributed by atoms with Crippen molar-refractivity contribution in [2.24, 2.45) is 0 Å². The van der Waals surface area contributed by atoms with Crippen molar-refractivity contribution in [2.45, 2.75) is 26.7 Å². The van der Waals surface area contributed by atoms with Crippen LogP contribution in [0.3, 0.4) is 0 Å². The van der Waals surface area contributed by atoms with Gasteiger partial charge in [0.2, 0.25) is 0 Å². The van der Waals surface area contributed by atoms with Gasteiger partial charge in [0.15, 0.2) is 0 Å². The zero-order chi connectivity index (χ0) is 14.4. The second kappa shape index (κ2) is 7.53. The maximum absolute atomic E-state index is 5.95. The number of aryl methyl sites for hydroxylation is 1. The lowest BCUT2D eigenvalue weighted by molar-refractivity contribution is 0.319. The van der Waals surface area contributed by atoms with Gasteiger partial charge in [-0.1, -0.05) is 47.1 Å². The van der Waals surface area contributed by atoms with Gasteiger partial charge in [-0.3, -0.25) is 0 Å². The van der Waals surface area contributed by atoms with Crippen molar-refractivity contribution < 1.29 is 9.47 Å². The second-order valence-corrected chi connectivity index (χ2v) is 5.38. The Hall–Kier alpha value is -1.22. The van der Waals surface area contributed by atoms with E-state index in [1.54, 1.807) is 0 Å². The van der Waals surface area contributed by atoms with E-state index in [9.17, 15) is 0 Å². The Labute approximate surface area is 129 Å². The van der Waals surface area contributed by atoms with Crippen molar-refractivity contribution in [3.05, 3.63) is 35.9 Å². The molecule has 0 unspecified atom stereocenters. The number of ether oxygens (including phenoxy) is 2.